The minimum Gasteiger partial charge on any atom is -0.338 e. The van der Waals surface area contributed by atoms with Gasteiger partial charge in [-0.3, -0.25) is 0 Å². The smallest absolute Gasteiger partial charge is 0.315 e. The number of hydrogen-bond donors (Lipinski definition) is 2. The molecule has 28 heavy (non-hydrogen) atoms. The molecule has 0 unspecified atom stereocenters. The highest BCUT2D eigenvalue weighted by Gasteiger charge is 2.20. The van der Waals surface area contributed by atoms with Crippen LogP contribution in [0.5, 0.6) is 0 Å². The number of halogens is 1. The number of aromatic nitrogens is 2. The van der Waals surface area contributed by atoms with Crippen LogP contribution >= 0.6 is 11.6 Å². The van der Waals surface area contributed by atoms with E-state index in [9.17, 15) is 4.79 Å². The van der Waals surface area contributed by atoms with Crippen LogP contribution in [0.4, 0.5) is 4.79 Å². The highest BCUT2D eigenvalue weighted by atomic mass is 35.5. The molecule has 1 aromatic heterocycles. The van der Waals surface area contributed by atoms with E-state index < -0.39 is 0 Å². The number of urea groups is 1. The Bertz CT molecular complexity index is 877. The van der Waals surface area contributed by atoms with Gasteiger partial charge in [0, 0.05) is 31.0 Å². The van der Waals surface area contributed by atoms with Gasteiger partial charge in [-0.1, -0.05) is 54.1 Å². The lowest BCUT2D eigenvalue weighted by Gasteiger charge is -2.19. The molecule has 5 nitrogen and oxygen atoms in total. The van der Waals surface area contributed by atoms with Gasteiger partial charge in [0.05, 0.1) is 0 Å². The summed E-state index contributed by atoms with van der Waals surface area (Å²) in [4.78, 5) is 16.8. The summed E-state index contributed by atoms with van der Waals surface area (Å²) < 4.78 is 1.90. The summed E-state index contributed by atoms with van der Waals surface area (Å²) in [6.07, 6.45) is 6.56. The Morgan fingerprint density at radius 1 is 1.11 bits per heavy atom. The summed E-state index contributed by atoms with van der Waals surface area (Å²) in [5.41, 5.74) is 2.25. The van der Waals surface area contributed by atoms with E-state index >= 15 is 0 Å². The zero-order valence-electron chi connectivity index (χ0n) is 15.9. The van der Waals surface area contributed by atoms with Gasteiger partial charge < -0.3 is 15.2 Å². The van der Waals surface area contributed by atoms with Crippen LogP contribution < -0.4 is 10.6 Å². The maximum Gasteiger partial charge on any atom is 0.315 e. The first kappa shape index (κ1) is 20.0. The first-order valence-electron chi connectivity index (χ1n) is 9.44. The summed E-state index contributed by atoms with van der Waals surface area (Å²) in [5.74, 6) is 0.765. The molecular weight excluding hydrogens is 372 g/mol. The molecule has 0 aliphatic carbocycles. The molecule has 0 spiro atoms. The predicted octanol–water partition coefficient (Wildman–Crippen LogP) is 4.49. The van der Waals surface area contributed by atoms with Crippen LogP contribution in [-0.4, -0.2) is 22.1 Å². The van der Waals surface area contributed by atoms with Gasteiger partial charge in [-0.2, -0.15) is 0 Å². The maximum absolute atomic E-state index is 12.4. The van der Waals surface area contributed by atoms with Crippen molar-refractivity contribution < 1.29 is 4.79 Å². The van der Waals surface area contributed by atoms with Gasteiger partial charge in [-0.25, -0.2) is 9.78 Å². The second kappa shape index (κ2) is 9.95. The predicted molar refractivity (Wildman–Crippen MR) is 112 cm³/mol. The van der Waals surface area contributed by atoms with E-state index in [1.165, 1.54) is 5.56 Å². The van der Waals surface area contributed by atoms with Crippen molar-refractivity contribution in [2.24, 2.45) is 7.05 Å². The molecule has 0 saturated carbocycles. The van der Waals surface area contributed by atoms with E-state index in [1.807, 2.05) is 48.1 Å². The van der Waals surface area contributed by atoms with E-state index in [1.54, 1.807) is 6.20 Å². The van der Waals surface area contributed by atoms with Crippen LogP contribution in [-0.2, 0) is 13.5 Å². The molecule has 2 N–H and O–H groups in total. The van der Waals surface area contributed by atoms with Gasteiger partial charge in [0.1, 0.15) is 11.9 Å². The lowest BCUT2D eigenvalue weighted by Crippen LogP contribution is -2.39. The van der Waals surface area contributed by atoms with Crippen LogP contribution in [0.3, 0.4) is 0 Å². The zero-order valence-corrected chi connectivity index (χ0v) is 16.7. The van der Waals surface area contributed by atoms with Crippen molar-refractivity contribution in [2.45, 2.75) is 25.3 Å². The molecule has 1 heterocycles. The molecule has 2 amide bonds. The number of carbonyl (C=O) groups excluding carboxylic acids is 1. The number of benzene rings is 2. The van der Waals surface area contributed by atoms with Gasteiger partial charge in [0.15, 0.2) is 0 Å². The minimum absolute atomic E-state index is 0.206. The first-order valence-corrected chi connectivity index (χ1v) is 9.82. The van der Waals surface area contributed by atoms with Gasteiger partial charge in [0.25, 0.3) is 0 Å². The van der Waals surface area contributed by atoms with Crippen molar-refractivity contribution in [3.8, 4) is 0 Å². The van der Waals surface area contributed by atoms with Crippen LogP contribution in [0, 0.1) is 0 Å². The number of nitrogens with one attached hydrogen (secondary N) is 2. The molecule has 0 saturated heterocycles. The Kier molecular flexibility index (Phi) is 7.09. The number of unbranched alkanes of at least 4 members (excludes halogenated alkanes) is 1. The van der Waals surface area contributed by atoms with Crippen LogP contribution in [0.15, 0.2) is 67.0 Å². The normalized spacial score (nSPS) is 11.8. The lowest BCUT2D eigenvalue weighted by molar-refractivity contribution is 0.238. The summed E-state index contributed by atoms with van der Waals surface area (Å²) in [5, 5.41) is 6.63. The molecule has 0 aliphatic heterocycles. The molecule has 3 aromatic rings. The highest BCUT2D eigenvalue weighted by Crippen LogP contribution is 2.22. The largest absolute Gasteiger partial charge is 0.338 e. The Hall–Kier alpha value is -2.79. The third-order valence-electron chi connectivity index (χ3n) is 4.62. The molecule has 0 aliphatic rings. The topological polar surface area (TPSA) is 59.0 Å². The third kappa shape index (κ3) is 5.60. The number of imidazole rings is 1. The molecule has 0 fully saturated rings. The van der Waals surface area contributed by atoms with Crippen LogP contribution in [0.2, 0.25) is 5.02 Å². The lowest BCUT2D eigenvalue weighted by atomic mass is 10.1. The molecule has 3 rings (SSSR count). The van der Waals surface area contributed by atoms with Gasteiger partial charge in [0.2, 0.25) is 0 Å². The molecular formula is C22H25ClN4O. The maximum atomic E-state index is 12.4. The number of hydrogen-bond acceptors (Lipinski definition) is 2. The van der Waals surface area contributed by atoms with E-state index in [0.29, 0.717) is 11.6 Å². The van der Waals surface area contributed by atoms with E-state index in [2.05, 4.69) is 39.9 Å². The van der Waals surface area contributed by atoms with Crippen molar-refractivity contribution in [1.29, 1.82) is 0 Å². The fourth-order valence-electron chi connectivity index (χ4n) is 3.09. The van der Waals surface area contributed by atoms with Crippen molar-refractivity contribution in [1.82, 2.24) is 20.2 Å². The van der Waals surface area contributed by atoms with E-state index in [-0.39, 0.29) is 12.1 Å². The molecule has 146 valence electrons. The first-order chi connectivity index (χ1) is 13.6. The third-order valence-corrected chi connectivity index (χ3v) is 4.87. The standard InChI is InChI=1S/C22H25ClN4O/c1-27-16-15-24-21(27)20(18-10-12-19(23)13-11-18)26-22(28)25-14-6-5-9-17-7-3-2-4-8-17/h2-4,7-8,10-13,15-16,20H,5-6,9,14H2,1H3,(H2,25,26,28)/t20-/m0/s1. The number of nitrogens with zero attached hydrogens (tertiary/aromatic N) is 2. The molecule has 0 radical (unpaired) electrons. The fraction of sp³-hybridized carbons (Fsp3) is 0.273. The summed E-state index contributed by atoms with van der Waals surface area (Å²) in [6, 6.07) is 17.3. The van der Waals surface area contributed by atoms with Crippen molar-refractivity contribution in [2.75, 3.05) is 6.54 Å². The van der Waals surface area contributed by atoms with Gasteiger partial charge in [-0.15, -0.1) is 0 Å². The number of rotatable bonds is 8. The average molecular weight is 397 g/mol. The Balaban J connectivity index is 1.53. The zero-order chi connectivity index (χ0) is 19.8. The second-order valence-electron chi connectivity index (χ2n) is 6.72. The molecule has 0 bridgehead atoms. The second-order valence-corrected chi connectivity index (χ2v) is 7.16. The quantitative estimate of drug-likeness (QED) is 0.551. The fourth-order valence-corrected chi connectivity index (χ4v) is 3.22. The Morgan fingerprint density at radius 2 is 1.86 bits per heavy atom. The number of aryl methyl sites for hydroxylation is 2. The summed E-state index contributed by atoms with van der Waals surface area (Å²) in [7, 11) is 1.91. The highest BCUT2D eigenvalue weighted by molar-refractivity contribution is 6.30. The number of amides is 2. The summed E-state index contributed by atoms with van der Waals surface area (Å²) in [6.45, 7) is 0.632. The van der Waals surface area contributed by atoms with Crippen molar-refractivity contribution >= 4 is 17.6 Å². The SMILES string of the molecule is Cn1ccnc1[C@@H](NC(=O)NCCCCc1ccccc1)c1ccc(Cl)cc1. The van der Waals surface area contributed by atoms with Crippen LogP contribution in [0.25, 0.3) is 0 Å². The monoisotopic (exact) mass is 396 g/mol. The Morgan fingerprint density at radius 3 is 2.54 bits per heavy atom. The molecule has 2 aromatic carbocycles. The van der Waals surface area contributed by atoms with E-state index in [0.717, 1.165) is 30.7 Å². The van der Waals surface area contributed by atoms with Crippen molar-refractivity contribution in [3.05, 3.63) is 89.0 Å². The van der Waals surface area contributed by atoms with Gasteiger partial charge in [-0.05, 0) is 42.5 Å². The van der Waals surface area contributed by atoms with Crippen molar-refractivity contribution in [3.63, 3.8) is 0 Å². The Labute approximate surface area is 170 Å². The van der Waals surface area contributed by atoms with Gasteiger partial charge >= 0.3 is 6.03 Å². The van der Waals surface area contributed by atoms with Crippen LogP contribution in [0.1, 0.15) is 35.8 Å². The molecule has 6 heteroatoms. The average Bonchev–Trinajstić information content (AvgIpc) is 3.13. The van der Waals surface area contributed by atoms with E-state index in [4.69, 9.17) is 11.6 Å². The minimum atomic E-state index is -0.346. The molecule has 1 atom stereocenters. The summed E-state index contributed by atoms with van der Waals surface area (Å²) >= 11 is 6.00. The number of carbonyl (C=O) groups is 1.